The van der Waals surface area contributed by atoms with E-state index in [9.17, 15) is 26.0 Å². The van der Waals surface area contributed by atoms with E-state index < -0.39 is 38.5 Å². The van der Waals surface area contributed by atoms with Crippen molar-refractivity contribution in [3.8, 4) is 17.0 Å². The second-order valence-electron chi connectivity index (χ2n) is 9.27. The summed E-state index contributed by atoms with van der Waals surface area (Å²) in [4.78, 5) is -0.549. The van der Waals surface area contributed by atoms with E-state index in [2.05, 4.69) is 5.10 Å². The fraction of sp³-hybridized carbons (Fsp3) is 0.129. The highest BCUT2D eigenvalue weighted by atomic mass is 32.2. The van der Waals surface area contributed by atoms with Crippen LogP contribution in [0.15, 0.2) is 120 Å². The van der Waals surface area contributed by atoms with Gasteiger partial charge in [0.1, 0.15) is 5.54 Å². The Balaban J connectivity index is 1.81. The molecule has 0 spiro atoms. The Morgan fingerprint density at radius 3 is 1.66 bits per heavy atom. The van der Waals surface area contributed by atoms with Crippen LogP contribution in [0.5, 0.6) is 5.88 Å². The summed E-state index contributed by atoms with van der Waals surface area (Å²) >= 11 is 0. The van der Waals surface area contributed by atoms with Crippen molar-refractivity contribution in [1.82, 2.24) is 9.78 Å². The van der Waals surface area contributed by atoms with Gasteiger partial charge in [-0.05, 0) is 46.9 Å². The third-order valence-electron chi connectivity index (χ3n) is 6.83. The molecule has 10 heteroatoms. The summed E-state index contributed by atoms with van der Waals surface area (Å²) in [5.74, 6) is -4.01. The zero-order valence-corrected chi connectivity index (χ0v) is 22.5. The molecular weight excluding hydrogens is 556 g/mol. The largest absolute Gasteiger partial charge is 0.415 e. The third kappa shape index (κ3) is 5.11. The zero-order chi connectivity index (χ0) is 29.2. The molecule has 0 fully saturated rings. The first-order valence-electron chi connectivity index (χ1n) is 12.5. The van der Waals surface area contributed by atoms with Crippen LogP contribution in [-0.4, -0.2) is 30.6 Å². The first kappa shape index (κ1) is 28.1. The van der Waals surface area contributed by atoms with E-state index in [1.165, 1.54) is 19.1 Å². The standard InChI is InChI=1S/C31H24F4N2O3S/c1-21-19-22(17-18-27(21)41(38,39)30(34)35)26-20-37(36-28(26)40-29(32)33)31(23-11-5-2-6-12-23,24-13-7-3-8-14-24)25-15-9-4-10-16-25/h2-20,29-30H,1H3. The summed E-state index contributed by atoms with van der Waals surface area (Å²) in [7, 11) is -4.87. The molecule has 0 N–H and O–H groups in total. The minimum atomic E-state index is -4.87. The Labute approximate surface area is 234 Å². The molecule has 1 aromatic heterocycles. The van der Waals surface area contributed by atoms with Gasteiger partial charge in [0.15, 0.2) is 0 Å². The van der Waals surface area contributed by atoms with Crippen molar-refractivity contribution < 1.29 is 30.7 Å². The highest BCUT2D eigenvalue weighted by molar-refractivity contribution is 7.91. The number of rotatable bonds is 9. The second-order valence-corrected chi connectivity index (χ2v) is 11.2. The molecular formula is C31H24F4N2O3S. The van der Waals surface area contributed by atoms with Crippen molar-refractivity contribution in [3.05, 3.63) is 138 Å². The zero-order valence-electron chi connectivity index (χ0n) is 21.7. The fourth-order valence-electron chi connectivity index (χ4n) is 5.07. The maximum atomic E-state index is 13.6. The molecule has 4 aromatic carbocycles. The average molecular weight is 581 g/mol. The number of aromatic nitrogens is 2. The molecule has 0 saturated carbocycles. The van der Waals surface area contributed by atoms with Gasteiger partial charge in [0.25, 0.3) is 0 Å². The quantitative estimate of drug-likeness (QED) is 0.136. The van der Waals surface area contributed by atoms with Crippen LogP contribution < -0.4 is 4.74 Å². The first-order valence-corrected chi connectivity index (χ1v) is 14.0. The van der Waals surface area contributed by atoms with Gasteiger partial charge < -0.3 is 4.74 Å². The summed E-state index contributed by atoms with van der Waals surface area (Å²) in [6, 6.07) is 31.9. The maximum Gasteiger partial charge on any atom is 0.388 e. The molecule has 0 aliphatic rings. The molecule has 0 unspecified atom stereocenters. The number of nitrogens with zero attached hydrogens (tertiary/aromatic N) is 2. The molecule has 0 atom stereocenters. The van der Waals surface area contributed by atoms with Gasteiger partial charge in [-0.3, -0.25) is 0 Å². The molecule has 0 saturated heterocycles. The smallest absolute Gasteiger partial charge is 0.388 e. The van der Waals surface area contributed by atoms with E-state index in [-0.39, 0.29) is 16.7 Å². The molecule has 0 radical (unpaired) electrons. The number of hydrogen-bond acceptors (Lipinski definition) is 4. The number of benzene rings is 4. The molecule has 5 rings (SSSR count). The van der Waals surface area contributed by atoms with Gasteiger partial charge >= 0.3 is 12.4 Å². The van der Waals surface area contributed by atoms with Gasteiger partial charge in [0, 0.05) is 6.20 Å². The van der Waals surface area contributed by atoms with E-state index in [1.54, 1.807) is 10.9 Å². The van der Waals surface area contributed by atoms with Gasteiger partial charge in [0.05, 0.1) is 10.5 Å². The number of aryl methyl sites for hydroxylation is 1. The number of sulfone groups is 1. The molecule has 0 amide bonds. The van der Waals surface area contributed by atoms with Crippen molar-refractivity contribution in [1.29, 1.82) is 0 Å². The highest BCUT2D eigenvalue weighted by Crippen LogP contribution is 2.43. The normalized spacial score (nSPS) is 12.2. The molecule has 0 aliphatic carbocycles. The highest BCUT2D eigenvalue weighted by Gasteiger charge is 2.40. The number of alkyl halides is 4. The second kappa shape index (κ2) is 11.2. The summed E-state index contributed by atoms with van der Waals surface area (Å²) in [5, 5.41) is 4.53. The Hall–Kier alpha value is -4.44. The van der Waals surface area contributed by atoms with E-state index in [0.717, 1.165) is 22.8 Å². The van der Waals surface area contributed by atoms with Crippen molar-refractivity contribution in [2.45, 2.75) is 29.7 Å². The van der Waals surface area contributed by atoms with Crippen LogP contribution in [0.3, 0.4) is 0 Å². The van der Waals surface area contributed by atoms with Crippen LogP contribution in [0.4, 0.5) is 17.6 Å². The topological polar surface area (TPSA) is 61.2 Å². The number of ether oxygens (including phenoxy) is 1. The summed E-state index contributed by atoms with van der Waals surface area (Å²) in [5.41, 5.74) is 1.62. The van der Waals surface area contributed by atoms with Crippen molar-refractivity contribution in [2.75, 3.05) is 0 Å². The SMILES string of the molecule is Cc1cc(-c2cn(C(c3ccccc3)(c3ccccc3)c3ccccc3)nc2OC(F)F)ccc1S(=O)(=O)C(F)F. The molecule has 0 bridgehead atoms. The molecule has 0 aliphatic heterocycles. The van der Waals surface area contributed by atoms with Crippen LogP contribution in [0.1, 0.15) is 22.3 Å². The Kier molecular flexibility index (Phi) is 7.68. The van der Waals surface area contributed by atoms with Gasteiger partial charge in [-0.15, -0.1) is 5.10 Å². The summed E-state index contributed by atoms with van der Waals surface area (Å²) < 4.78 is 84.4. The predicted octanol–water partition coefficient (Wildman–Crippen LogP) is 7.30. The minimum Gasteiger partial charge on any atom is -0.415 e. The monoisotopic (exact) mass is 580 g/mol. The predicted molar refractivity (Wildman–Crippen MR) is 147 cm³/mol. The molecule has 5 nitrogen and oxygen atoms in total. The van der Waals surface area contributed by atoms with E-state index in [0.29, 0.717) is 0 Å². The van der Waals surface area contributed by atoms with E-state index in [4.69, 9.17) is 4.74 Å². The molecule has 41 heavy (non-hydrogen) atoms. The van der Waals surface area contributed by atoms with Gasteiger partial charge in [-0.1, -0.05) is 97.1 Å². The summed E-state index contributed by atoms with van der Waals surface area (Å²) in [6.07, 6.45) is 1.54. The van der Waals surface area contributed by atoms with Gasteiger partial charge in [0.2, 0.25) is 15.7 Å². The van der Waals surface area contributed by atoms with Gasteiger partial charge in [-0.25, -0.2) is 13.1 Å². The number of hydrogen-bond donors (Lipinski definition) is 0. The maximum absolute atomic E-state index is 13.6. The fourth-order valence-corrected chi connectivity index (χ4v) is 6.02. The van der Waals surface area contributed by atoms with Gasteiger partial charge in [-0.2, -0.15) is 17.6 Å². The Bertz CT molecular complexity index is 1650. The first-order chi connectivity index (χ1) is 19.7. The van der Waals surface area contributed by atoms with Crippen LogP contribution in [0.2, 0.25) is 0 Å². The lowest BCUT2D eigenvalue weighted by Gasteiger charge is -2.36. The lowest BCUT2D eigenvalue weighted by molar-refractivity contribution is -0.0529. The van der Waals surface area contributed by atoms with E-state index in [1.807, 2.05) is 91.0 Å². The van der Waals surface area contributed by atoms with Crippen LogP contribution in [0.25, 0.3) is 11.1 Å². The average Bonchev–Trinajstić information content (AvgIpc) is 3.38. The molecule has 5 aromatic rings. The van der Waals surface area contributed by atoms with Crippen molar-refractivity contribution in [2.24, 2.45) is 0 Å². The van der Waals surface area contributed by atoms with Crippen LogP contribution in [0, 0.1) is 6.92 Å². The molecule has 1 heterocycles. The van der Waals surface area contributed by atoms with E-state index >= 15 is 0 Å². The van der Waals surface area contributed by atoms with Crippen LogP contribution in [-0.2, 0) is 15.4 Å². The Morgan fingerprint density at radius 1 is 0.756 bits per heavy atom. The Morgan fingerprint density at radius 2 is 1.24 bits per heavy atom. The third-order valence-corrected chi connectivity index (χ3v) is 8.37. The summed E-state index contributed by atoms with van der Waals surface area (Å²) in [6.45, 7) is -1.85. The van der Waals surface area contributed by atoms with Crippen molar-refractivity contribution >= 4 is 9.84 Å². The lowest BCUT2D eigenvalue weighted by Crippen LogP contribution is -2.38. The van der Waals surface area contributed by atoms with Crippen LogP contribution >= 0.6 is 0 Å². The molecule has 210 valence electrons. The van der Waals surface area contributed by atoms with Crippen molar-refractivity contribution in [3.63, 3.8) is 0 Å². The number of halogens is 4. The lowest BCUT2D eigenvalue weighted by atomic mass is 9.77. The minimum absolute atomic E-state index is 0.0268.